The van der Waals surface area contributed by atoms with E-state index < -0.39 is 0 Å². The third-order valence-corrected chi connectivity index (χ3v) is 5.19. The molecule has 0 spiro atoms. The molecule has 1 heterocycles. The van der Waals surface area contributed by atoms with Crippen molar-refractivity contribution in [3.05, 3.63) is 87.9 Å². The number of nitrogens with zero attached hydrogens (tertiary/aromatic N) is 2. The van der Waals surface area contributed by atoms with E-state index in [9.17, 15) is 9.65 Å². The SMILES string of the molecule is COc1cc(C=C(C#N)c2nc3ccccc3[nH]2)cc(Br)c1OCc1cccc(F)c1. The second kappa shape index (κ2) is 9.02. The van der Waals surface area contributed by atoms with E-state index in [2.05, 4.69) is 32.0 Å². The Morgan fingerprint density at radius 3 is 2.77 bits per heavy atom. The fraction of sp³-hybridized carbons (Fsp3) is 0.0833. The van der Waals surface area contributed by atoms with Crippen LogP contribution in [-0.2, 0) is 6.61 Å². The van der Waals surface area contributed by atoms with Crippen molar-refractivity contribution in [1.82, 2.24) is 9.97 Å². The van der Waals surface area contributed by atoms with E-state index >= 15 is 0 Å². The molecule has 0 bridgehead atoms. The van der Waals surface area contributed by atoms with Crippen molar-refractivity contribution < 1.29 is 13.9 Å². The molecule has 1 aromatic heterocycles. The number of H-pyrrole nitrogens is 1. The number of nitriles is 1. The van der Waals surface area contributed by atoms with E-state index in [0.29, 0.717) is 32.9 Å². The van der Waals surface area contributed by atoms with Gasteiger partial charge in [-0.25, -0.2) is 9.37 Å². The molecule has 0 radical (unpaired) electrons. The van der Waals surface area contributed by atoms with Crippen LogP contribution in [0.5, 0.6) is 11.5 Å². The molecule has 1 N–H and O–H groups in total. The standard InChI is InChI=1S/C24H17BrFN3O2/c1-30-22-12-16(9-17(13-27)24-28-20-7-2-3-8-21(20)29-24)11-19(25)23(22)31-14-15-5-4-6-18(26)10-15/h2-12H,14H2,1H3,(H,28,29). The molecule has 0 aliphatic carbocycles. The molecule has 154 valence electrons. The van der Waals surface area contributed by atoms with Gasteiger partial charge in [-0.2, -0.15) is 5.26 Å². The summed E-state index contributed by atoms with van der Waals surface area (Å²) in [5, 5.41) is 9.67. The van der Waals surface area contributed by atoms with Crippen LogP contribution in [0.1, 0.15) is 17.0 Å². The zero-order valence-corrected chi connectivity index (χ0v) is 18.1. The minimum absolute atomic E-state index is 0.185. The molecule has 4 aromatic rings. The number of ether oxygens (including phenoxy) is 2. The summed E-state index contributed by atoms with van der Waals surface area (Å²) in [7, 11) is 1.54. The smallest absolute Gasteiger partial charge is 0.175 e. The number of benzene rings is 3. The summed E-state index contributed by atoms with van der Waals surface area (Å²) in [6.07, 6.45) is 1.72. The van der Waals surface area contributed by atoms with Crippen LogP contribution >= 0.6 is 15.9 Å². The first-order chi connectivity index (χ1) is 15.1. The van der Waals surface area contributed by atoms with Crippen molar-refractivity contribution in [3.63, 3.8) is 0 Å². The fourth-order valence-electron chi connectivity index (χ4n) is 3.15. The van der Waals surface area contributed by atoms with E-state index in [4.69, 9.17) is 9.47 Å². The largest absolute Gasteiger partial charge is 0.493 e. The first kappa shape index (κ1) is 20.6. The molecule has 0 aliphatic rings. The highest BCUT2D eigenvalue weighted by molar-refractivity contribution is 9.10. The molecule has 7 heteroatoms. The average Bonchev–Trinajstić information content (AvgIpc) is 3.20. The zero-order valence-electron chi connectivity index (χ0n) is 16.5. The highest BCUT2D eigenvalue weighted by atomic mass is 79.9. The topological polar surface area (TPSA) is 70.9 Å². The van der Waals surface area contributed by atoms with Crippen LogP contribution in [-0.4, -0.2) is 17.1 Å². The Bertz CT molecular complexity index is 1290. The highest BCUT2D eigenvalue weighted by Crippen LogP contribution is 2.38. The molecule has 4 rings (SSSR count). The van der Waals surface area contributed by atoms with Gasteiger partial charge in [0.05, 0.1) is 28.2 Å². The van der Waals surface area contributed by atoms with Gasteiger partial charge >= 0.3 is 0 Å². The molecule has 31 heavy (non-hydrogen) atoms. The first-order valence-corrected chi connectivity index (χ1v) is 10.2. The van der Waals surface area contributed by atoms with Gasteiger partial charge in [0, 0.05) is 0 Å². The third kappa shape index (κ3) is 4.60. The second-order valence-corrected chi connectivity index (χ2v) is 7.58. The van der Waals surface area contributed by atoms with Gasteiger partial charge in [-0.3, -0.25) is 0 Å². The highest BCUT2D eigenvalue weighted by Gasteiger charge is 2.14. The van der Waals surface area contributed by atoms with E-state index in [1.54, 1.807) is 24.3 Å². The summed E-state index contributed by atoms with van der Waals surface area (Å²) in [6, 6.07) is 19.6. The Balaban J connectivity index is 1.64. The molecule has 0 amide bonds. The molecule has 0 aliphatic heterocycles. The van der Waals surface area contributed by atoms with Crippen LogP contribution < -0.4 is 9.47 Å². The normalized spacial score (nSPS) is 11.4. The molecule has 0 saturated carbocycles. The van der Waals surface area contributed by atoms with Gasteiger partial charge in [0.15, 0.2) is 11.5 Å². The molecule has 0 saturated heterocycles. The van der Waals surface area contributed by atoms with Crippen molar-refractivity contribution in [2.45, 2.75) is 6.61 Å². The van der Waals surface area contributed by atoms with Gasteiger partial charge in [-0.1, -0.05) is 24.3 Å². The second-order valence-electron chi connectivity index (χ2n) is 6.73. The summed E-state index contributed by atoms with van der Waals surface area (Å²) >= 11 is 3.51. The minimum atomic E-state index is -0.317. The number of halogens is 2. The van der Waals surface area contributed by atoms with Gasteiger partial charge < -0.3 is 14.5 Å². The molecule has 3 aromatic carbocycles. The maximum atomic E-state index is 13.4. The number of aromatic nitrogens is 2. The van der Waals surface area contributed by atoms with Crippen LogP contribution in [0, 0.1) is 17.1 Å². The Morgan fingerprint density at radius 2 is 2.03 bits per heavy atom. The maximum Gasteiger partial charge on any atom is 0.175 e. The summed E-state index contributed by atoms with van der Waals surface area (Å²) in [6.45, 7) is 0.185. The average molecular weight is 478 g/mol. The van der Waals surface area contributed by atoms with Gasteiger partial charge in [0.25, 0.3) is 0 Å². The molecular formula is C24H17BrFN3O2. The number of allylic oxidation sites excluding steroid dienone is 1. The molecular weight excluding hydrogens is 461 g/mol. The minimum Gasteiger partial charge on any atom is -0.493 e. The number of hydrogen-bond donors (Lipinski definition) is 1. The van der Waals surface area contributed by atoms with Crippen molar-refractivity contribution in [3.8, 4) is 17.6 Å². The lowest BCUT2D eigenvalue weighted by Gasteiger charge is -2.14. The lowest BCUT2D eigenvalue weighted by molar-refractivity contribution is 0.282. The quantitative estimate of drug-likeness (QED) is 0.339. The number of rotatable bonds is 6. The Labute approximate surface area is 186 Å². The number of fused-ring (bicyclic) bond motifs is 1. The predicted octanol–water partition coefficient (Wildman–Crippen LogP) is 6.12. The van der Waals surface area contributed by atoms with E-state index in [-0.39, 0.29) is 12.4 Å². The summed E-state index contributed by atoms with van der Waals surface area (Å²) in [5.41, 5.74) is 3.48. The monoisotopic (exact) mass is 477 g/mol. The van der Waals surface area contributed by atoms with Gasteiger partial charge in [0.1, 0.15) is 24.3 Å². The van der Waals surface area contributed by atoms with Crippen LogP contribution in [0.25, 0.3) is 22.7 Å². The van der Waals surface area contributed by atoms with Crippen LogP contribution in [0.15, 0.2) is 65.1 Å². The lowest BCUT2D eigenvalue weighted by atomic mass is 10.1. The summed E-state index contributed by atoms with van der Waals surface area (Å²) in [5.74, 6) is 1.15. The van der Waals surface area contributed by atoms with Crippen LogP contribution in [0.2, 0.25) is 0 Å². The Hall–Kier alpha value is -3.63. The first-order valence-electron chi connectivity index (χ1n) is 9.39. The summed E-state index contributed by atoms with van der Waals surface area (Å²) in [4.78, 5) is 7.65. The van der Waals surface area contributed by atoms with Gasteiger partial charge in [-0.15, -0.1) is 0 Å². The van der Waals surface area contributed by atoms with Crippen LogP contribution in [0.4, 0.5) is 4.39 Å². The summed E-state index contributed by atoms with van der Waals surface area (Å²) < 4.78 is 25.4. The number of para-hydroxylation sites is 2. The Morgan fingerprint density at radius 1 is 1.19 bits per heavy atom. The lowest BCUT2D eigenvalue weighted by Crippen LogP contribution is -1.99. The zero-order chi connectivity index (χ0) is 21.8. The van der Waals surface area contributed by atoms with Crippen molar-refractivity contribution in [1.29, 1.82) is 5.26 Å². The third-order valence-electron chi connectivity index (χ3n) is 4.60. The van der Waals surface area contributed by atoms with E-state index in [1.165, 1.54) is 19.2 Å². The maximum absolute atomic E-state index is 13.4. The molecule has 0 unspecified atom stereocenters. The number of methoxy groups -OCH3 is 1. The molecule has 0 fully saturated rings. The van der Waals surface area contributed by atoms with Gasteiger partial charge in [0.2, 0.25) is 0 Å². The number of aromatic amines is 1. The molecule has 5 nitrogen and oxygen atoms in total. The van der Waals surface area contributed by atoms with Crippen molar-refractivity contribution in [2.75, 3.05) is 7.11 Å². The van der Waals surface area contributed by atoms with Crippen molar-refractivity contribution in [2.24, 2.45) is 0 Å². The Kier molecular flexibility index (Phi) is 6.01. The number of nitrogens with one attached hydrogen (secondary N) is 1. The van der Waals surface area contributed by atoms with E-state index in [1.807, 2.05) is 30.3 Å². The van der Waals surface area contributed by atoms with Crippen LogP contribution in [0.3, 0.4) is 0 Å². The molecule has 0 atom stereocenters. The number of imidazole rings is 1. The van der Waals surface area contributed by atoms with Gasteiger partial charge in [-0.05, 0) is 69.5 Å². The van der Waals surface area contributed by atoms with E-state index in [0.717, 1.165) is 16.6 Å². The van der Waals surface area contributed by atoms with Crippen molar-refractivity contribution >= 4 is 38.6 Å². The predicted molar refractivity (Wildman–Crippen MR) is 121 cm³/mol. The number of hydrogen-bond acceptors (Lipinski definition) is 4. The fourth-order valence-corrected chi connectivity index (χ4v) is 3.72.